The molecule has 3 rings (SSSR count). The van der Waals surface area contributed by atoms with Crippen LogP contribution in [0.5, 0.6) is 0 Å². The van der Waals surface area contributed by atoms with Crippen molar-refractivity contribution in [2.24, 2.45) is 7.05 Å². The molecule has 3 aromatic rings. The molecule has 6 heteroatoms. The molecule has 1 heterocycles. The molecule has 0 bridgehead atoms. The second-order valence-electron chi connectivity index (χ2n) is 4.80. The van der Waals surface area contributed by atoms with Crippen LogP contribution in [-0.2, 0) is 7.05 Å². The number of hydrogen-bond donors (Lipinski definition) is 0. The fourth-order valence-corrected chi connectivity index (χ4v) is 2.71. The van der Waals surface area contributed by atoms with Crippen LogP contribution in [0.2, 0.25) is 5.02 Å². The Morgan fingerprint density at radius 1 is 1.05 bits per heavy atom. The van der Waals surface area contributed by atoms with E-state index in [4.69, 9.17) is 11.6 Å². The highest BCUT2D eigenvalue weighted by Gasteiger charge is 2.17. The van der Waals surface area contributed by atoms with Crippen LogP contribution in [0.15, 0.2) is 54.6 Å². The molecular formula is C16H12ClN3O2. The number of non-ortho nitro benzene ring substituents is 1. The molecule has 0 atom stereocenters. The van der Waals surface area contributed by atoms with Gasteiger partial charge >= 0.3 is 0 Å². The van der Waals surface area contributed by atoms with Crippen LogP contribution in [0.1, 0.15) is 0 Å². The van der Waals surface area contributed by atoms with E-state index in [1.165, 1.54) is 12.1 Å². The smallest absolute Gasteiger partial charge is 0.266 e. The standard InChI is InChI=1S/C16H12ClN3O2/c1-19-16(12-5-3-2-4-6-12)14(17)15(18-19)11-7-9-13(10-8-11)20(21)22/h2-10H,1H3. The van der Waals surface area contributed by atoms with Crippen LogP contribution in [0.25, 0.3) is 22.5 Å². The molecule has 110 valence electrons. The minimum Gasteiger partial charge on any atom is -0.266 e. The average Bonchev–Trinajstić information content (AvgIpc) is 2.83. The van der Waals surface area contributed by atoms with E-state index in [1.54, 1.807) is 16.8 Å². The number of aryl methyl sites for hydroxylation is 1. The molecule has 0 fully saturated rings. The Morgan fingerprint density at radius 3 is 2.27 bits per heavy atom. The minimum absolute atomic E-state index is 0.0408. The van der Waals surface area contributed by atoms with Crippen molar-refractivity contribution in [2.75, 3.05) is 0 Å². The minimum atomic E-state index is -0.431. The topological polar surface area (TPSA) is 61.0 Å². The van der Waals surface area contributed by atoms with Crippen molar-refractivity contribution in [3.05, 3.63) is 69.7 Å². The first-order valence-corrected chi connectivity index (χ1v) is 6.98. The van der Waals surface area contributed by atoms with Gasteiger partial charge < -0.3 is 0 Å². The molecule has 0 saturated heterocycles. The highest BCUT2D eigenvalue weighted by Crippen LogP contribution is 2.36. The summed E-state index contributed by atoms with van der Waals surface area (Å²) < 4.78 is 1.72. The fourth-order valence-electron chi connectivity index (χ4n) is 2.33. The second kappa shape index (κ2) is 5.61. The Labute approximate surface area is 131 Å². The molecule has 0 aliphatic carbocycles. The highest BCUT2D eigenvalue weighted by molar-refractivity contribution is 6.35. The molecule has 0 aliphatic rings. The quantitative estimate of drug-likeness (QED) is 0.534. The normalized spacial score (nSPS) is 10.6. The van der Waals surface area contributed by atoms with Gasteiger partial charge in [0.15, 0.2) is 0 Å². The van der Waals surface area contributed by atoms with Crippen LogP contribution < -0.4 is 0 Å². The number of halogens is 1. The van der Waals surface area contributed by atoms with Crippen molar-refractivity contribution >= 4 is 17.3 Å². The first kappa shape index (κ1) is 14.3. The van der Waals surface area contributed by atoms with Crippen molar-refractivity contribution < 1.29 is 4.92 Å². The zero-order chi connectivity index (χ0) is 15.7. The zero-order valence-electron chi connectivity index (χ0n) is 11.7. The van der Waals surface area contributed by atoms with Crippen LogP contribution in [0, 0.1) is 10.1 Å². The SMILES string of the molecule is Cn1nc(-c2ccc([N+](=O)[O-])cc2)c(Cl)c1-c1ccccc1. The summed E-state index contributed by atoms with van der Waals surface area (Å²) in [6, 6.07) is 15.9. The summed E-state index contributed by atoms with van der Waals surface area (Å²) in [5.41, 5.74) is 3.18. The Balaban J connectivity index is 2.08. The van der Waals surface area contributed by atoms with E-state index in [9.17, 15) is 10.1 Å². The lowest BCUT2D eigenvalue weighted by Gasteiger charge is -2.02. The summed E-state index contributed by atoms with van der Waals surface area (Å²) in [5, 5.41) is 15.7. The van der Waals surface area contributed by atoms with Crippen molar-refractivity contribution in [3.8, 4) is 22.5 Å². The third kappa shape index (κ3) is 2.46. The van der Waals surface area contributed by atoms with Gasteiger partial charge in [-0.05, 0) is 12.1 Å². The van der Waals surface area contributed by atoms with Gasteiger partial charge in [-0.3, -0.25) is 14.8 Å². The third-order valence-corrected chi connectivity index (χ3v) is 3.75. The number of nitro groups is 1. The van der Waals surface area contributed by atoms with E-state index < -0.39 is 4.92 Å². The molecule has 0 N–H and O–H groups in total. The van der Waals surface area contributed by atoms with Crippen molar-refractivity contribution in [1.82, 2.24) is 9.78 Å². The lowest BCUT2D eigenvalue weighted by atomic mass is 10.1. The van der Waals surface area contributed by atoms with E-state index in [-0.39, 0.29) is 5.69 Å². The Kier molecular flexibility index (Phi) is 3.65. The predicted octanol–water partition coefficient (Wildman–Crippen LogP) is 4.32. The summed E-state index contributed by atoms with van der Waals surface area (Å²) in [4.78, 5) is 10.3. The largest absolute Gasteiger partial charge is 0.269 e. The first-order chi connectivity index (χ1) is 10.6. The summed E-state index contributed by atoms with van der Waals surface area (Å²) >= 11 is 6.48. The van der Waals surface area contributed by atoms with Gasteiger partial charge in [0, 0.05) is 30.3 Å². The van der Waals surface area contributed by atoms with Crippen LogP contribution >= 0.6 is 11.6 Å². The van der Waals surface area contributed by atoms with E-state index >= 15 is 0 Å². The number of rotatable bonds is 3. The number of hydrogen-bond acceptors (Lipinski definition) is 3. The van der Waals surface area contributed by atoms with Gasteiger partial charge in [-0.2, -0.15) is 5.10 Å². The number of benzene rings is 2. The molecule has 0 saturated carbocycles. The van der Waals surface area contributed by atoms with Gasteiger partial charge in [-0.1, -0.05) is 41.9 Å². The fraction of sp³-hybridized carbons (Fsp3) is 0.0625. The van der Waals surface area contributed by atoms with E-state index in [1.807, 2.05) is 37.4 Å². The molecule has 2 aromatic carbocycles. The Hall–Kier alpha value is -2.66. The summed E-state index contributed by atoms with van der Waals surface area (Å²) in [6.45, 7) is 0. The van der Waals surface area contributed by atoms with Crippen LogP contribution in [-0.4, -0.2) is 14.7 Å². The van der Waals surface area contributed by atoms with Crippen molar-refractivity contribution in [2.45, 2.75) is 0 Å². The number of aromatic nitrogens is 2. The van der Waals surface area contributed by atoms with Gasteiger partial charge in [0.1, 0.15) is 5.69 Å². The lowest BCUT2D eigenvalue weighted by Crippen LogP contribution is -1.93. The molecule has 0 radical (unpaired) electrons. The van der Waals surface area contributed by atoms with Crippen LogP contribution in [0.4, 0.5) is 5.69 Å². The molecule has 0 amide bonds. The van der Waals surface area contributed by atoms with E-state index in [2.05, 4.69) is 5.10 Å². The van der Waals surface area contributed by atoms with Gasteiger partial charge in [-0.15, -0.1) is 0 Å². The summed E-state index contributed by atoms with van der Waals surface area (Å²) in [5.74, 6) is 0. The van der Waals surface area contributed by atoms with E-state index in [0.717, 1.165) is 16.8 Å². The maximum absolute atomic E-state index is 10.7. The molecular weight excluding hydrogens is 302 g/mol. The Morgan fingerprint density at radius 2 is 1.68 bits per heavy atom. The predicted molar refractivity (Wildman–Crippen MR) is 85.7 cm³/mol. The molecule has 0 spiro atoms. The van der Waals surface area contributed by atoms with Gasteiger partial charge in [0.25, 0.3) is 5.69 Å². The van der Waals surface area contributed by atoms with Crippen LogP contribution in [0.3, 0.4) is 0 Å². The Bertz CT molecular complexity index is 827. The number of nitro benzene ring substituents is 1. The maximum atomic E-state index is 10.7. The lowest BCUT2D eigenvalue weighted by molar-refractivity contribution is -0.384. The average molecular weight is 314 g/mol. The molecule has 0 unspecified atom stereocenters. The van der Waals surface area contributed by atoms with E-state index in [0.29, 0.717) is 10.7 Å². The van der Waals surface area contributed by atoms with Crippen molar-refractivity contribution in [1.29, 1.82) is 0 Å². The van der Waals surface area contributed by atoms with Gasteiger partial charge in [0.05, 0.1) is 15.6 Å². The highest BCUT2D eigenvalue weighted by atomic mass is 35.5. The van der Waals surface area contributed by atoms with Gasteiger partial charge in [-0.25, -0.2) is 0 Å². The second-order valence-corrected chi connectivity index (χ2v) is 5.18. The number of nitrogens with zero attached hydrogens (tertiary/aromatic N) is 3. The molecule has 1 aromatic heterocycles. The van der Waals surface area contributed by atoms with Crippen molar-refractivity contribution in [3.63, 3.8) is 0 Å². The zero-order valence-corrected chi connectivity index (χ0v) is 12.5. The molecule has 5 nitrogen and oxygen atoms in total. The summed E-state index contributed by atoms with van der Waals surface area (Å²) in [7, 11) is 1.82. The monoisotopic (exact) mass is 313 g/mol. The van der Waals surface area contributed by atoms with Gasteiger partial charge in [0.2, 0.25) is 0 Å². The third-order valence-electron chi connectivity index (χ3n) is 3.39. The molecule has 22 heavy (non-hydrogen) atoms. The first-order valence-electron chi connectivity index (χ1n) is 6.60. The maximum Gasteiger partial charge on any atom is 0.269 e. The molecule has 0 aliphatic heterocycles. The summed E-state index contributed by atoms with van der Waals surface area (Å²) in [6.07, 6.45) is 0.